The summed E-state index contributed by atoms with van der Waals surface area (Å²) in [6.07, 6.45) is 1.94. The van der Waals surface area contributed by atoms with Crippen molar-refractivity contribution in [3.05, 3.63) is 59.1 Å². The zero-order chi connectivity index (χ0) is 19.7. The van der Waals surface area contributed by atoms with Crippen molar-refractivity contribution in [2.45, 2.75) is 32.8 Å². The summed E-state index contributed by atoms with van der Waals surface area (Å²) in [5.41, 5.74) is 10.3. The lowest BCUT2D eigenvalue weighted by atomic mass is 9.99. The predicted molar refractivity (Wildman–Crippen MR) is 114 cm³/mol. The van der Waals surface area contributed by atoms with E-state index in [0.29, 0.717) is 12.2 Å². The predicted octanol–water partition coefficient (Wildman–Crippen LogP) is 4.77. The number of hydrogen-bond acceptors (Lipinski definition) is 5. The van der Waals surface area contributed by atoms with Crippen LogP contribution in [-0.4, -0.2) is 23.5 Å². The van der Waals surface area contributed by atoms with Crippen LogP contribution in [0.15, 0.2) is 47.8 Å². The van der Waals surface area contributed by atoms with Crippen LogP contribution in [0.3, 0.4) is 0 Å². The molecule has 2 aromatic carbocycles. The van der Waals surface area contributed by atoms with Crippen molar-refractivity contribution in [2.75, 3.05) is 17.2 Å². The van der Waals surface area contributed by atoms with Gasteiger partial charge in [0.15, 0.2) is 0 Å². The molecule has 0 saturated carbocycles. The molecule has 1 aromatic heterocycles. The quantitative estimate of drug-likeness (QED) is 0.648. The molecule has 144 valence electrons. The molecule has 0 aliphatic carbocycles. The van der Waals surface area contributed by atoms with E-state index in [0.717, 1.165) is 46.1 Å². The Morgan fingerprint density at radius 1 is 1.21 bits per heavy atom. The molecular weight excluding hydrogens is 370 g/mol. The molecule has 0 unspecified atom stereocenters. The maximum absolute atomic E-state index is 13.1. The maximum atomic E-state index is 13.1. The lowest BCUT2D eigenvalue weighted by molar-refractivity contribution is 0.0981. The van der Waals surface area contributed by atoms with Gasteiger partial charge in [-0.25, -0.2) is 4.98 Å². The van der Waals surface area contributed by atoms with E-state index in [4.69, 9.17) is 10.5 Å². The third kappa shape index (κ3) is 3.60. The molecule has 0 fully saturated rings. The SMILES string of the molecule is CC(C)Oc1ccc(-c2nc(C(=O)N3CCCc4c(N)cccc43)cs2)cc1. The Balaban J connectivity index is 1.57. The van der Waals surface area contributed by atoms with Crippen molar-refractivity contribution in [3.63, 3.8) is 0 Å². The van der Waals surface area contributed by atoms with Gasteiger partial charge in [0.2, 0.25) is 0 Å². The topological polar surface area (TPSA) is 68.5 Å². The Morgan fingerprint density at radius 3 is 2.75 bits per heavy atom. The van der Waals surface area contributed by atoms with Crippen molar-refractivity contribution in [3.8, 4) is 16.3 Å². The number of benzene rings is 2. The van der Waals surface area contributed by atoms with Crippen LogP contribution in [0.25, 0.3) is 10.6 Å². The highest BCUT2D eigenvalue weighted by Gasteiger charge is 2.26. The summed E-state index contributed by atoms with van der Waals surface area (Å²) < 4.78 is 5.68. The average molecular weight is 394 g/mol. The van der Waals surface area contributed by atoms with Gasteiger partial charge in [-0.05, 0) is 68.7 Å². The van der Waals surface area contributed by atoms with Gasteiger partial charge in [-0.2, -0.15) is 0 Å². The van der Waals surface area contributed by atoms with E-state index in [1.807, 2.05) is 61.7 Å². The number of ether oxygens (including phenoxy) is 1. The van der Waals surface area contributed by atoms with Gasteiger partial charge in [0.1, 0.15) is 16.5 Å². The van der Waals surface area contributed by atoms with Gasteiger partial charge in [0.05, 0.1) is 6.10 Å². The number of nitrogen functional groups attached to an aromatic ring is 1. The first kappa shape index (κ1) is 18.5. The van der Waals surface area contributed by atoms with E-state index in [9.17, 15) is 4.79 Å². The molecule has 0 atom stereocenters. The Bertz CT molecular complexity index is 995. The molecule has 1 aliphatic rings. The second-order valence-electron chi connectivity index (χ2n) is 7.13. The van der Waals surface area contributed by atoms with Crippen LogP contribution in [0.1, 0.15) is 36.3 Å². The van der Waals surface area contributed by atoms with Crippen LogP contribution >= 0.6 is 11.3 Å². The summed E-state index contributed by atoms with van der Waals surface area (Å²) in [4.78, 5) is 19.5. The van der Waals surface area contributed by atoms with Gasteiger partial charge in [-0.3, -0.25) is 4.79 Å². The van der Waals surface area contributed by atoms with E-state index in [2.05, 4.69) is 4.98 Å². The molecule has 0 radical (unpaired) electrons. The fourth-order valence-corrected chi connectivity index (χ4v) is 4.25. The number of carbonyl (C=O) groups is 1. The summed E-state index contributed by atoms with van der Waals surface area (Å²) in [7, 11) is 0. The Hall–Kier alpha value is -2.86. The zero-order valence-corrected chi connectivity index (χ0v) is 16.8. The molecule has 6 heteroatoms. The fraction of sp³-hybridized carbons (Fsp3) is 0.273. The molecule has 0 spiro atoms. The van der Waals surface area contributed by atoms with Crippen molar-refractivity contribution >= 4 is 28.6 Å². The molecule has 3 aromatic rings. The van der Waals surface area contributed by atoms with E-state index in [1.165, 1.54) is 11.3 Å². The standard InChI is InChI=1S/C22H23N3O2S/c1-14(2)27-16-10-8-15(9-11-16)21-24-19(13-28-21)22(26)25-12-4-5-17-18(23)6-3-7-20(17)25/h3,6-11,13-14H,4-5,12,23H2,1-2H3. The van der Waals surface area contributed by atoms with E-state index >= 15 is 0 Å². The number of aromatic nitrogens is 1. The Morgan fingerprint density at radius 2 is 2.00 bits per heavy atom. The Labute approximate surface area is 168 Å². The molecule has 4 rings (SSSR count). The van der Waals surface area contributed by atoms with Gasteiger partial charge >= 0.3 is 0 Å². The number of hydrogen-bond donors (Lipinski definition) is 1. The minimum absolute atomic E-state index is 0.0752. The molecule has 5 nitrogen and oxygen atoms in total. The second-order valence-corrected chi connectivity index (χ2v) is 7.99. The highest BCUT2D eigenvalue weighted by atomic mass is 32.1. The van der Waals surface area contributed by atoms with E-state index < -0.39 is 0 Å². The average Bonchev–Trinajstić information content (AvgIpc) is 3.18. The highest BCUT2D eigenvalue weighted by Crippen LogP contribution is 2.33. The van der Waals surface area contributed by atoms with Crippen LogP contribution in [0.2, 0.25) is 0 Å². The number of anilines is 2. The third-order valence-electron chi connectivity index (χ3n) is 4.73. The fourth-order valence-electron chi connectivity index (χ4n) is 3.45. The largest absolute Gasteiger partial charge is 0.491 e. The Kier molecular flexibility index (Phi) is 5.05. The van der Waals surface area contributed by atoms with Crippen LogP contribution in [0.5, 0.6) is 5.75 Å². The summed E-state index contributed by atoms with van der Waals surface area (Å²) in [6, 6.07) is 13.6. The minimum Gasteiger partial charge on any atom is -0.491 e. The first-order valence-corrected chi connectivity index (χ1v) is 10.3. The van der Waals surface area contributed by atoms with Gasteiger partial charge in [0.25, 0.3) is 5.91 Å². The number of amides is 1. The third-order valence-corrected chi connectivity index (χ3v) is 5.62. The molecular formula is C22H23N3O2S. The van der Waals surface area contributed by atoms with Crippen LogP contribution in [0, 0.1) is 0 Å². The number of rotatable bonds is 4. The van der Waals surface area contributed by atoms with E-state index in [-0.39, 0.29) is 12.0 Å². The maximum Gasteiger partial charge on any atom is 0.277 e. The molecule has 2 N–H and O–H groups in total. The highest BCUT2D eigenvalue weighted by molar-refractivity contribution is 7.13. The number of carbonyl (C=O) groups excluding carboxylic acids is 1. The number of fused-ring (bicyclic) bond motifs is 1. The zero-order valence-electron chi connectivity index (χ0n) is 16.0. The lowest BCUT2D eigenvalue weighted by Crippen LogP contribution is -2.35. The van der Waals surface area contributed by atoms with Gasteiger partial charge < -0.3 is 15.4 Å². The molecule has 0 bridgehead atoms. The normalized spacial score (nSPS) is 13.5. The molecule has 1 aliphatic heterocycles. The van der Waals surface area contributed by atoms with Crippen molar-refractivity contribution in [2.24, 2.45) is 0 Å². The van der Waals surface area contributed by atoms with E-state index in [1.54, 1.807) is 4.90 Å². The molecule has 0 saturated heterocycles. The molecule has 1 amide bonds. The number of thiazole rings is 1. The van der Waals surface area contributed by atoms with Gasteiger partial charge in [-0.15, -0.1) is 11.3 Å². The molecule has 28 heavy (non-hydrogen) atoms. The van der Waals surface area contributed by atoms with Crippen LogP contribution in [0.4, 0.5) is 11.4 Å². The van der Waals surface area contributed by atoms with Crippen molar-refractivity contribution in [1.82, 2.24) is 4.98 Å². The number of nitrogens with zero attached hydrogens (tertiary/aromatic N) is 2. The monoisotopic (exact) mass is 393 g/mol. The van der Waals surface area contributed by atoms with Gasteiger partial charge in [-0.1, -0.05) is 6.07 Å². The first-order chi connectivity index (χ1) is 13.5. The summed E-state index contributed by atoms with van der Waals surface area (Å²) in [5, 5.41) is 2.65. The lowest BCUT2D eigenvalue weighted by Gasteiger charge is -2.29. The summed E-state index contributed by atoms with van der Waals surface area (Å²) in [5.74, 6) is 0.753. The number of nitrogens with two attached hydrogens (primary N) is 1. The van der Waals surface area contributed by atoms with Gasteiger partial charge in [0, 0.05) is 28.9 Å². The molecule has 2 heterocycles. The smallest absolute Gasteiger partial charge is 0.277 e. The van der Waals surface area contributed by atoms with Crippen molar-refractivity contribution in [1.29, 1.82) is 0 Å². The first-order valence-electron chi connectivity index (χ1n) is 9.45. The van der Waals surface area contributed by atoms with Crippen molar-refractivity contribution < 1.29 is 9.53 Å². The second kappa shape index (κ2) is 7.64. The summed E-state index contributed by atoms with van der Waals surface area (Å²) in [6.45, 7) is 4.68. The van der Waals surface area contributed by atoms with Crippen LogP contribution < -0.4 is 15.4 Å². The van der Waals surface area contributed by atoms with Crippen LogP contribution in [-0.2, 0) is 6.42 Å². The summed E-state index contributed by atoms with van der Waals surface area (Å²) >= 11 is 1.48. The minimum atomic E-state index is -0.0752.